The van der Waals surface area contributed by atoms with Gasteiger partial charge in [0.1, 0.15) is 12.1 Å². The first kappa shape index (κ1) is 20.7. The summed E-state index contributed by atoms with van der Waals surface area (Å²) >= 11 is 12.1. The van der Waals surface area contributed by atoms with E-state index >= 15 is 0 Å². The smallest absolute Gasteiger partial charge is 0.319 e. The molecular weight excluding hydrogens is 405 g/mol. The molecule has 0 bridgehead atoms. The van der Waals surface area contributed by atoms with E-state index < -0.39 is 18.1 Å². The summed E-state index contributed by atoms with van der Waals surface area (Å²) in [7, 11) is 0. The predicted molar refractivity (Wildman–Crippen MR) is 107 cm³/mol. The van der Waals surface area contributed by atoms with Crippen LogP contribution in [0.5, 0.6) is 0 Å². The average Bonchev–Trinajstić information content (AvgIpc) is 3.07. The molecular formula is C18H23Cl2N5O3. The molecule has 0 unspecified atom stereocenters. The second-order valence-electron chi connectivity index (χ2n) is 6.98. The maximum absolute atomic E-state index is 12.7. The number of nitrogens with one attached hydrogen (secondary N) is 3. The van der Waals surface area contributed by atoms with Crippen molar-refractivity contribution in [3.05, 3.63) is 28.2 Å². The molecule has 152 valence electrons. The van der Waals surface area contributed by atoms with Gasteiger partial charge in [0.05, 0.1) is 21.8 Å². The highest BCUT2D eigenvalue weighted by atomic mass is 35.5. The Balaban J connectivity index is 1.59. The fourth-order valence-corrected chi connectivity index (χ4v) is 4.10. The van der Waals surface area contributed by atoms with E-state index in [1.54, 1.807) is 23.1 Å². The number of anilines is 1. The molecule has 4 amide bonds. The molecule has 0 spiro atoms. The number of urea groups is 1. The highest BCUT2D eigenvalue weighted by Crippen LogP contribution is 2.30. The van der Waals surface area contributed by atoms with Crippen LogP contribution in [-0.4, -0.2) is 54.0 Å². The number of amides is 4. The number of hydrogen-bond donors (Lipinski definition) is 4. The van der Waals surface area contributed by atoms with Crippen molar-refractivity contribution in [1.29, 1.82) is 0 Å². The van der Waals surface area contributed by atoms with Crippen LogP contribution in [0.4, 0.5) is 10.5 Å². The monoisotopic (exact) mass is 427 g/mol. The minimum atomic E-state index is -0.563. The highest BCUT2D eigenvalue weighted by Gasteiger charge is 2.46. The Morgan fingerprint density at radius 3 is 2.64 bits per heavy atom. The number of nitrogens with two attached hydrogens (primary N) is 1. The van der Waals surface area contributed by atoms with Crippen molar-refractivity contribution in [1.82, 2.24) is 15.5 Å². The number of carbonyl (C=O) groups is 3. The molecule has 10 heteroatoms. The molecule has 0 aliphatic carbocycles. The van der Waals surface area contributed by atoms with Gasteiger partial charge in [0.2, 0.25) is 11.8 Å². The molecule has 28 heavy (non-hydrogen) atoms. The van der Waals surface area contributed by atoms with Crippen molar-refractivity contribution in [2.75, 3.05) is 18.4 Å². The summed E-state index contributed by atoms with van der Waals surface area (Å²) < 4.78 is 0. The van der Waals surface area contributed by atoms with E-state index in [0.717, 1.165) is 12.8 Å². The summed E-state index contributed by atoms with van der Waals surface area (Å²) in [6.07, 6.45) is 2.50. The molecule has 1 aromatic rings. The lowest BCUT2D eigenvalue weighted by molar-refractivity contribution is -0.147. The van der Waals surface area contributed by atoms with Crippen molar-refractivity contribution < 1.29 is 14.4 Å². The maximum atomic E-state index is 12.7. The van der Waals surface area contributed by atoms with Gasteiger partial charge in [0.15, 0.2) is 0 Å². The Hall–Kier alpha value is -2.03. The number of nitrogens with zero attached hydrogens (tertiary/aromatic N) is 1. The molecule has 0 aromatic heterocycles. The van der Waals surface area contributed by atoms with Crippen LogP contribution in [0.3, 0.4) is 0 Å². The number of rotatable bonds is 6. The summed E-state index contributed by atoms with van der Waals surface area (Å²) in [4.78, 5) is 38.9. The van der Waals surface area contributed by atoms with Crippen LogP contribution in [0.1, 0.15) is 25.7 Å². The van der Waals surface area contributed by atoms with Gasteiger partial charge in [0, 0.05) is 6.54 Å². The van der Waals surface area contributed by atoms with Gasteiger partial charge in [-0.05, 0) is 44.4 Å². The second kappa shape index (κ2) is 8.98. The third-order valence-corrected chi connectivity index (χ3v) is 5.61. The molecule has 1 aromatic carbocycles. The van der Waals surface area contributed by atoms with Gasteiger partial charge in [0.25, 0.3) is 0 Å². The maximum Gasteiger partial charge on any atom is 0.319 e. The number of fused-ring (bicyclic) bond motifs is 1. The summed E-state index contributed by atoms with van der Waals surface area (Å²) in [6, 6.07) is 2.99. The van der Waals surface area contributed by atoms with Crippen LogP contribution in [-0.2, 0) is 9.59 Å². The fraction of sp³-hybridized carbons (Fsp3) is 0.500. The fourth-order valence-electron chi connectivity index (χ4n) is 3.60. The van der Waals surface area contributed by atoms with E-state index in [2.05, 4.69) is 16.0 Å². The highest BCUT2D eigenvalue weighted by molar-refractivity contribution is 6.39. The van der Waals surface area contributed by atoms with E-state index in [9.17, 15) is 14.4 Å². The predicted octanol–water partition coefficient (Wildman–Crippen LogP) is 1.71. The SMILES string of the molecule is NCCCC[C@@H]1NC(=O)[C@@H]2C[C@H](NC(=O)Nc3c(Cl)cccc3Cl)CN2C1=O. The Morgan fingerprint density at radius 1 is 1.25 bits per heavy atom. The third-order valence-electron chi connectivity index (χ3n) is 4.98. The number of unbranched alkanes of at least 4 members (excludes halogenated alkanes) is 1. The first-order valence-electron chi connectivity index (χ1n) is 9.23. The topological polar surface area (TPSA) is 117 Å². The standard InChI is InChI=1S/C18H23Cl2N5O3/c19-11-4-3-5-12(20)15(11)24-18(28)22-10-8-14-16(26)23-13(6-1-2-7-21)17(27)25(14)9-10/h3-5,10,13-14H,1-2,6-9,21H2,(H,23,26)(H2,22,24,28)/t10-,13-,14-/m0/s1. The molecule has 2 saturated heterocycles. The molecule has 2 heterocycles. The third kappa shape index (κ3) is 4.51. The number of halogens is 2. The minimum Gasteiger partial charge on any atom is -0.343 e. The molecule has 0 radical (unpaired) electrons. The van der Waals surface area contributed by atoms with Crippen molar-refractivity contribution in [3.8, 4) is 0 Å². The summed E-state index contributed by atoms with van der Waals surface area (Å²) in [5.41, 5.74) is 5.80. The van der Waals surface area contributed by atoms with E-state index in [0.29, 0.717) is 35.1 Å². The molecule has 3 rings (SSSR count). The van der Waals surface area contributed by atoms with E-state index in [1.165, 1.54) is 0 Å². The minimum absolute atomic E-state index is 0.111. The summed E-state index contributed by atoms with van der Waals surface area (Å²) in [5.74, 6) is -0.295. The first-order valence-corrected chi connectivity index (χ1v) is 9.98. The second-order valence-corrected chi connectivity index (χ2v) is 7.79. The molecule has 2 fully saturated rings. The number of piperazine rings is 1. The Morgan fingerprint density at radius 2 is 1.96 bits per heavy atom. The normalized spacial score (nSPS) is 24.0. The number of para-hydroxylation sites is 1. The van der Waals surface area contributed by atoms with Crippen LogP contribution in [0.2, 0.25) is 10.0 Å². The van der Waals surface area contributed by atoms with Crippen LogP contribution in [0, 0.1) is 0 Å². The van der Waals surface area contributed by atoms with Crippen molar-refractivity contribution in [2.24, 2.45) is 5.73 Å². The van der Waals surface area contributed by atoms with Gasteiger partial charge in [-0.3, -0.25) is 9.59 Å². The van der Waals surface area contributed by atoms with Crippen molar-refractivity contribution >= 4 is 46.7 Å². The zero-order valence-electron chi connectivity index (χ0n) is 15.2. The first-order chi connectivity index (χ1) is 13.4. The van der Waals surface area contributed by atoms with Gasteiger partial charge in [-0.1, -0.05) is 29.3 Å². The molecule has 8 nitrogen and oxygen atoms in total. The Bertz CT molecular complexity index is 755. The quantitative estimate of drug-likeness (QED) is 0.516. The van der Waals surface area contributed by atoms with Crippen molar-refractivity contribution in [3.63, 3.8) is 0 Å². The lowest BCUT2D eigenvalue weighted by Gasteiger charge is -2.34. The van der Waals surface area contributed by atoms with Crippen LogP contribution >= 0.6 is 23.2 Å². The lowest BCUT2D eigenvalue weighted by atomic mass is 10.0. The van der Waals surface area contributed by atoms with Gasteiger partial charge in [-0.2, -0.15) is 0 Å². The number of carbonyl (C=O) groups excluding carboxylic acids is 3. The molecule has 5 N–H and O–H groups in total. The van der Waals surface area contributed by atoms with Gasteiger partial charge >= 0.3 is 6.03 Å². The molecule has 2 aliphatic heterocycles. The Kier molecular flexibility index (Phi) is 6.64. The van der Waals surface area contributed by atoms with Crippen LogP contribution in [0.25, 0.3) is 0 Å². The summed E-state index contributed by atoms with van der Waals surface area (Å²) in [6.45, 7) is 0.839. The average molecular weight is 428 g/mol. The zero-order chi connectivity index (χ0) is 20.3. The lowest BCUT2D eigenvalue weighted by Crippen LogP contribution is -2.61. The molecule has 0 saturated carbocycles. The molecule has 3 atom stereocenters. The summed E-state index contributed by atoms with van der Waals surface area (Å²) in [5, 5.41) is 8.84. The van der Waals surface area contributed by atoms with Crippen LogP contribution < -0.4 is 21.7 Å². The largest absolute Gasteiger partial charge is 0.343 e. The molecule has 2 aliphatic rings. The van der Waals surface area contributed by atoms with Crippen LogP contribution in [0.15, 0.2) is 18.2 Å². The number of benzene rings is 1. The van der Waals surface area contributed by atoms with Gasteiger partial charge in [-0.25, -0.2) is 4.79 Å². The van der Waals surface area contributed by atoms with Gasteiger partial charge < -0.3 is 26.6 Å². The van der Waals surface area contributed by atoms with E-state index in [-0.39, 0.29) is 24.4 Å². The van der Waals surface area contributed by atoms with Crippen molar-refractivity contribution in [2.45, 2.75) is 43.8 Å². The zero-order valence-corrected chi connectivity index (χ0v) is 16.7. The van der Waals surface area contributed by atoms with E-state index in [1.807, 2.05) is 0 Å². The Labute approximate surface area is 173 Å². The van der Waals surface area contributed by atoms with E-state index in [4.69, 9.17) is 28.9 Å². The van der Waals surface area contributed by atoms with Gasteiger partial charge in [-0.15, -0.1) is 0 Å². The number of hydrogen-bond acceptors (Lipinski definition) is 4.